The predicted molar refractivity (Wildman–Crippen MR) is 74.0 cm³/mol. The van der Waals surface area contributed by atoms with E-state index in [0.717, 1.165) is 24.9 Å². The van der Waals surface area contributed by atoms with Gasteiger partial charge in [0.2, 0.25) is 0 Å². The average Bonchev–Trinajstić information content (AvgIpc) is 2.82. The van der Waals surface area contributed by atoms with Crippen molar-refractivity contribution in [3.05, 3.63) is 58.6 Å². The minimum absolute atomic E-state index is 0.653. The summed E-state index contributed by atoms with van der Waals surface area (Å²) < 4.78 is 0. The summed E-state index contributed by atoms with van der Waals surface area (Å²) in [7, 11) is 0. The SMILES string of the molecule is O=Cc1ccc(Cl)cc1N1CCc2ccccc21. The summed E-state index contributed by atoms with van der Waals surface area (Å²) in [5, 5.41) is 0.653. The Balaban J connectivity index is 2.12. The second kappa shape index (κ2) is 4.46. The van der Waals surface area contributed by atoms with Gasteiger partial charge in [0.05, 0.1) is 5.69 Å². The summed E-state index contributed by atoms with van der Waals surface area (Å²) in [6, 6.07) is 13.6. The Morgan fingerprint density at radius 1 is 1.11 bits per heavy atom. The Bertz CT molecular complexity index is 609. The van der Waals surface area contributed by atoms with E-state index in [-0.39, 0.29) is 0 Å². The molecule has 0 aromatic heterocycles. The molecule has 2 nitrogen and oxygen atoms in total. The lowest BCUT2D eigenvalue weighted by molar-refractivity contribution is 0.112. The van der Waals surface area contributed by atoms with Gasteiger partial charge in [-0.3, -0.25) is 4.79 Å². The van der Waals surface area contributed by atoms with Gasteiger partial charge in [-0.15, -0.1) is 0 Å². The van der Waals surface area contributed by atoms with Crippen molar-refractivity contribution in [3.63, 3.8) is 0 Å². The first kappa shape index (κ1) is 11.3. The number of benzene rings is 2. The Morgan fingerprint density at radius 2 is 1.94 bits per heavy atom. The Morgan fingerprint density at radius 3 is 2.78 bits per heavy atom. The van der Waals surface area contributed by atoms with Gasteiger partial charge in [0, 0.05) is 22.8 Å². The van der Waals surface area contributed by atoms with Crippen molar-refractivity contribution < 1.29 is 4.79 Å². The first-order chi connectivity index (χ1) is 8.79. The molecule has 3 rings (SSSR count). The summed E-state index contributed by atoms with van der Waals surface area (Å²) in [4.78, 5) is 13.3. The van der Waals surface area contributed by atoms with Gasteiger partial charge >= 0.3 is 0 Å². The molecule has 1 heterocycles. The van der Waals surface area contributed by atoms with Crippen molar-refractivity contribution in [2.75, 3.05) is 11.4 Å². The summed E-state index contributed by atoms with van der Waals surface area (Å²) in [5.74, 6) is 0. The van der Waals surface area contributed by atoms with Crippen LogP contribution in [-0.2, 0) is 6.42 Å². The molecule has 0 atom stereocenters. The van der Waals surface area contributed by atoms with Crippen molar-refractivity contribution in [2.45, 2.75) is 6.42 Å². The standard InChI is InChI=1S/C15H12ClNO/c16-13-6-5-12(10-18)15(9-13)17-8-7-11-3-1-2-4-14(11)17/h1-6,9-10H,7-8H2. The molecule has 0 bridgehead atoms. The molecule has 0 saturated carbocycles. The molecule has 0 N–H and O–H groups in total. The van der Waals surface area contributed by atoms with Gasteiger partial charge in [-0.05, 0) is 36.2 Å². The van der Waals surface area contributed by atoms with Crippen molar-refractivity contribution in [2.24, 2.45) is 0 Å². The second-order valence-corrected chi connectivity index (χ2v) is 4.79. The van der Waals surface area contributed by atoms with E-state index in [0.29, 0.717) is 10.6 Å². The molecule has 0 fully saturated rings. The van der Waals surface area contributed by atoms with E-state index < -0.39 is 0 Å². The highest BCUT2D eigenvalue weighted by atomic mass is 35.5. The van der Waals surface area contributed by atoms with Gasteiger partial charge in [-0.1, -0.05) is 29.8 Å². The molecule has 2 aromatic rings. The lowest BCUT2D eigenvalue weighted by Crippen LogP contribution is -2.15. The van der Waals surface area contributed by atoms with Gasteiger partial charge in [0.25, 0.3) is 0 Å². The van der Waals surface area contributed by atoms with Crippen LogP contribution in [0.5, 0.6) is 0 Å². The lowest BCUT2D eigenvalue weighted by atomic mass is 10.1. The van der Waals surface area contributed by atoms with Crippen molar-refractivity contribution in [3.8, 4) is 0 Å². The highest BCUT2D eigenvalue weighted by Gasteiger charge is 2.21. The van der Waals surface area contributed by atoms with E-state index in [1.54, 1.807) is 12.1 Å². The smallest absolute Gasteiger partial charge is 0.152 e. The number of carbonyl (C=O) groups is 1. The summed E-state index contributed by atoms with van der Waals surface area (Å²) in [6.45, 7) is 0.889. The summed E-state index contributed by atoms with van der Waals surface area (Å²) in [6.07, 6.45) is 1.88. The van der Waals surface area contributed by atoms with Crippen molar-refractivity contribution in [1.29, 1.82) is 0 Å². The molecular weight excluding hydrogens is 246 g/mol. The number of para-hydroxylation sites is 1. The first-order valence-electron chi connectivity index (χ1n) is 5.90. The fourth-order valence-corrected chi connectivity index (χ4v) is 2.61. The largest absolute Gasteiger partial charge is 0.340 e. The maximum absolute atomic E-state index is 11.1. The maximum atomic E-state index is 11.1. The first-order valence-corrected chi connectivity index (χ1v) is 6.27. The topological polar surface area (TPSA) is 20.3 Å². The van der Waals surface area contributed by atoms with Gasteiger partial charge in [0.15, 0.2) is 6.29 Å². The van der Waals surface area contributed by atoms with Crippen molar-refractivity contribution in [1.82, 2.24) is 0 Å². The number of anilines is 2. The van der Waals surface area contributed by atoms with Crippen LogP contribution in [0.3, 0.4) is 0 Å². The molecule has 90 valence electrons. The summed E-state index contributed by atoms with van der Waals surface area (Å²) >= 11 is 6.04. The molecule has 3 heteroatoms. The molecule has 0 spiro atoms. The highest BCUT2D eigenvalue weighted by Crippen LogP contribution is 2.36. The van der Waals surface area contributed by atoms with Crippen LogP contribution >= 0.6 is 11.6 Å². The molecule has 18 heavy (non-hydrogen) atoms. The monoisotopic (exact) mass is 257 g/mol. The number of aldehydes is 1. The third kappa shape index (κ3) is 1.79. The zero-order valence-electron chi connectivity index (χ0n) is 9.77. The number of carbonyl (C=O) groups excluding carboxylic acids is 1. The van der Waals surface area contributed by atoms with Crippen LogP contribution in [-0.4, -0.2) is 12.8 Å². The molecule has 0 unspecified atom stereocenters. The zero-order chi connectivity index (χ0) is 12.5. The predicted octanol–water partition coefficient (Wildman–Crippen LogP) is 3.85. The van der Waals surface area contributed by atoms with Gasteiger partial charge in [-0.25, -0.2) is 0 Å². The van der Waals surface area contributed by atoms with E-state index in [1.165, 1.54) is 11.3 Å². The van der Waals surface area contributed by atoms with E-state index >= 15 is 0 Å². The molecular formula is C15H12ClNO. The molecule has 0 amide bonds. The molecule has 0 saturated heterocycles. The third-order valence-corrected chi connectivity index (χ3v) is 3.53. The van der Waals surface area contributed by atoms with Crippen LogP contribution in [0, 0.1) is 0 Å². The molecule has 0 radical (unpaired) electrons. The Labute approximate surface area is 111 Å². The van der Waals surface area contributed by atoms with Gasteiger partial charge in [-0.2, -0.15) is 0 Å². The normalized spacial score (nSPS) is 13.5. The second-order valence-electron chi connectivity index (χ2n) is 4.35. The number of rotatable bonds is 2. The van der Waals surface area contributed by atoms with Crippen LogP contribution in [0.1, 0.15) is 15.9 Å². The molecule has 1 aliphatic rings. The number of nitrogens with zero attached hydrogens (tertiary/aromatic N) is 1. The minimum atomic E-state index is 0.653. The van der Waals surface area contributed by atoms with Crippen LogP contribution in [0.2, 0.25) is 5.02 Å². The van der Waals surface area contributed by atoms with E-state index in [1.807, 2.05) is 18.2 Å². The van der Waals surface area contributed by atoms with Crippen LogP contribution < -0.4 is 4.90 Å². The quantitative estimate of drug-likeness (QED) is 0.762. The highest BCUT2D eigenvalue weighted by molar-refractivity contribution is 6.31. The van der Waals surface area contributed by atoms with Gasteiger partial charge in [0.1, 0.15) is 0 Å². The third-order valence-electron chi connectivity index (χ3n) is 3.30. The average molecular weight is 258 g/mol. The number of fused-ring (bicyclic) bond motifs is 1. The van der Waals surface area contributed by atoms with Crippen LogP contribution in [0.15, 0.2) is 42.5 Å². The number of hydrogen-bond acceptors (Lipinski definition) is 2. The van der Waals surface area contributed by atoms with E-state index in [9.17, 15) is 4.79 Å². The zero-order valence-corrected chi connectivity index (χ0v) is 10.5. The summed E-state index contributed by atoms with van der Waals surface area (Å²) in [5.41, 5.74) is 4.05. The van der Waals surface area contributed by atoms with Crippen LogP contribution in [0.4, 0.5) is 11.4 Å². The maximum Gasteiger partial charge on any atom is 0.152 e. The fourth-order valence-electron chi connectivity index (χ4n) is 2.44. The fraction of sp³-hybridized carbons (Fsp3) is 0.133. The minimum Gasteiger partial charge on any atom is -0.340 e. The van der Waals surface area contributed by atoms with Crippen molar-refractivity contribution >= 4 is 29.3 Å². The van der Waals surface area contributed by atoms with Crippen LogP contribution in [0.25, 0.3) is 0 Å². The van der Waals surface area contributed by atoms with E-state index in [2.05, 4.69) is 17.0 Å². The Hall–Kier alpha value is -1.80. The molecule has 2 aromatic carbocycles. The van der Waals surface area contributed by atoms with Gasteiger partial charge < -0.3 is 4.90 Å². The molecule has 0 aliphatic carbocycles. The van der Waals surface area contributed by atoms with E-state index in [4.69, 9.17) is 11.6 Å². The lowest BCUT2D eigenvalue weighted by Gasteiger charge is -2.21. The Kier molecular flexibility index (Phi) is 2.80. The number of hydrogen-bond donors (Lipinski definition) is 0. The molecule has 1 aliphatic heterocycles. The number of halogens is 1.